The molecule has 6 nitrogen and oxygen atoms in total. The first kappa shape index (κ1) is 21.9. The minimum atomic E-state index is 0.224. The summed E-state index contributed by atoms with van der Waals surface area (Å²) in [5.74, 6) is 5.61. The number of ether oxygens (including phenoxy) is 6. The average molecular weight is 417 g/mol. The van der Waals surface area contributed by atoms with Gasteiger partial charge in [0, 0.05) is 23.3 Å². The van der Waals surface area contributed by atoms with Crippen molar-refractivity contribution >= 4 is 0 Å². The molecule has 6 heteroatoms. The Bertz CT molecular complexity index is 820. The van der Waals surface area contributed by atoms with Gasteiger partial charge in [0.05, 0.1) is 42.7 Å². The van der Waals surface area contributed by atoms with E-state index in [4.69, 9.17) is 28.4 Å². The Kier molecular flexibility index (Phi) is 6.54. The molecular weight excluding hydrogens is 384 g/mol. The molecule has 164 valence electrons. The maximum absolute atomic E-state index is 5.74. The zero-order valence-electron chi connectivity index (χ0n) is 19.1. The van der Waals surface area contributed by atoms with Gasteiger partial charge >= 0.3 is 0 Å². The van der Waals surface area contributed by atoms with Crippen molar-refractivity contribution in [1.29, 1.82) is 0 Å². The average Bonchev–Trinajstić information content (AvgIpc) is 2.79. The summed E-state index contributed by atoms with van der Waals surface area (Å²) in [4.78, 5) is 0. The summed E-state index contributed by atoms with van der Waals surface area (Å²) >= 11 is 0. The molecule has 4 atom stereocenters. The lowest BCUT2D eigenvalue weighted by molar-refractivity contribution is 0.117. The van der Waals surface area contributed by atoms with Gasteiger partial charge in [0.2, 0.25) is 0 Å². The molecule has 1 fully saturated rings. The van der Waals surface area contributed by atoms with E-state index in [1.54, 1.807) is 42.7 Å². The topological polar surface area (TPSA) is 55.4 Å². The highest BCUT2D eigenvalue weighted by Crippen LogP contribution is 2.61. The molecule has 1 saturated carbocycles. The quantitative estimate of drug-likeness (QED) is 0.611. The number of hydrogen-bond acceptors (Lipinski definition) is 6. The molecule has 0 aliphatic heterocycles. The van der Waals surface area contributed by atoms with Gasteiger partial charge in [0.15, 0.2) is 23.0 Å². The van der Waals surface area contributed by atoms with Crippen molar-refractivity contribution in [2.75, 3.05) is 42.7 Å². The Labute approximate surface area is 179 Å². The van der Waals surface area contributed by atoms with E-state index in [0.29, 0.717) is 34.8 Å². The zero-order chi connectivity index (χ0) is 22.0. The van der Waals surface area contributed by atoms with Crippen LogP contribution in [0.25, 0.3) is 0 Å². The van der Waals surface area contributed by atoms with Gasteiger partial charge in [0.25, 0.3) is 0 Å². The van der Waals surface area contributed by atoms with Crippen LogP contribution in [0.5, 0.6) is 34.5 Å². The lowest BCUT2D eigenvalue weighted by atomic mass is 9.53. The van der Waals surface area contributed by atoms with Crippen molar-refractivity contribution < 1.29 is 28.4 Å². The first-order valence-electron chi connectivity index (χ1n) is 10.0. The van der Waals surface area contributed by atoms with Crippen LogP contribution < -0.4 is 28.4 Å². The van der Waals surface area contributed by atoms with Crippen LogP contribution in [0.15, 0.2) is 24.3 Å². The molecule has 1 aliphatic rings. The number of methoxy groups -OCH3 is 6. The molecule has 0 spiro atoms. The number of benzene rings is 2. The number of rotatable bonds is 8. The Balaban J connectivity index is 2.14. The monoisotopic (exact) mass is 416 g/mol. The predicted molar refractivity (Wildman–Crippen MR) is 116 cm³/mol. The molecule has 2 aromatic carbocycles. The molecule has 0 bridgehead atoms. The largest absolute Gasteiger partial charge is 0.496 e. The summed E-state index contributed by atoms with van der Waals surface area (Å²) in [6.07, 6.45) is 0. The van der Waals surface area contributed by atoms with E-state index in [9.17, 15) is 0 Å². The third kappa shape index (κ3) is 3.48. The van der Waals surface area contributed by atoms with Gasteiger partial charge in [-0.25, -0.2) is 0 Å². The molecule has 3 rings (SSSR count). The van der Waals surface area contributed by atoms with Gasteiger partial charge in [-0.2, -0.15) is 0 Å². The van der Waals surface area contributed by atoms with E-state index < -0.39 is 0 Å². The first-order chi connectivity index (χ1) is 14.4. The van der Waals surface area contributed by atoms with Gasteiger partial charge in [-0.15, -0.1) is 0 Å². The molecule has 0 saturated heterocycles. The molecule has 30 heavy (non-hydrogen) atoms. The van der Waals surface area contributed by atoms with Crippen molar-refractivity contribution in [3.63, 3.8) is 0 Å². The van der Waals surface area contributed by atoms with E-state index in [-0.39, 0.29) is 11.8 Å². The van der Waals surface area contributed by atoms with Crippen LogP contribution in [0.1, 0.15) is 36.8 Å². The highest BCUT2D eigenvalue weighted by Gasteiger charge is 2.49. The fourth-order valence-corrected chi connectivity index (χ4v) is 4.74. The molecule has 0 N–H and O–H groups in total. The second-order valence-corrected chi connectivity index (χ2v) is 7.67. The van der Waals surface area contributed by atoms with Crippen molar-refractivity contribution in [2.45, 2.75) is 25.7 Å². The van der Waals surface area contributed by atoms with Crippen molar-refractivity contribution in [1.82, 2.24) is 0 Å². The Hall–Kier alpha value is -2.76. The van der Waals surface area contributed by atoms with Gasteiger partial charge < -0.3 is 28.4 Å². The Morgan fingerprint density at radius 3 is 0.967 bits per heavy atom. The molecular formula is C24H32O6. The second-order valence-electron chi connectivity index (χ2n) is 7.67. The lowest BCUT2D eigenvalue weighted by Crippen LogP contribution is -2.40. The standard InChI is InChI=1S/C24H32O6/c1-13-14(2)24(16-10-20(28-6)22(30-8)12-18(16)26-4)23(13)15-9-19(27-5)21(29-7)11-17(15)25-3/h9-14,23-24H,1-8H3/t13-,14-,23+,24+/m1/s1. The van der Waals surface area contributed by atoms with Crippen molar-refractivity contribution in [3.05, 3.63) is 35.4 Å². The normalized spacial score (nSPS) is 22.7. The second kappa shape index (κ2) is 8.94. The molecule has 0 radical (unpaired) electrons. The Morgan fingerprint density at radius 2 is 0.700 bits per heavy atom. The minimum absolute atomic E-state index is 0.224. The van der Waals surface area contributed by atoms with Crippen molar-refractivity contribution in [2.24, 2.45) is 11.8 Å². The van der Waals surface area contributed by atoms with Gasteiger partial charge in [-0.05, 0) is 35.8 Å². The first-order valence-corrected chi connectivity index (χ1v) is 10.0. The van der Waals surface area contributed by atoms with Gasteiger partial charge in [-0.1, -0.05) is 13.8 Å². The summed E-state index contributed by atoms with van der Waals surface area (Å²) < 4.78 is 33.5. The van der Waals surface area contributed by atoms with Crippen LogP contribution in [0, 0.1) is 11.8 Å². The fourth-order valence-electron chi connectivity index (χ4n) is 4.74. The van der Waals surface area contributed by atoms with E-state index in [2.05, 4.69) is 13.8 Å². The van der Waals surface area contributed by atoms with Crippen LogP contribution in [0.3, 0.4) is 0 Å². The molecule has 0 amide bonds. The van der Waals surface area contributed by atoms with Gasteiger partial charge in [-0.3, -0.25) is 0 Å². The summed E-state index contributed by atoms with van der Waals surface area (Å²) in [7, 11) is 9.92. The van der Waals surface area contributed by atoms with Crippen LogP contribution in [-0.2, 0) is 0 Å². The highest BCUT2D eigenvalue weighted by atomic mass is 16.5. The van der Waals surface area contributed by atoms with Crippen LogP contribution >= 0.6 is 0 Å². The summed E-state index contributed by atoms with van der Waals surface area (Å²) in [6, 6.07) is 7.86. The fraction of sp³-hybridized carbons (Fsp3) is 0.500. The SMILES string of the molecule is COc1cc(OC)c([C@@H]2[C@H](C)[C@@H](C)[C@H]2c2cc(OC)c(OC)cc2OC)cc1OC. The molecule has 0 heterocycles. The maximum Gasteiger partial charge on any atom is 0.164 e. The van der Waals surface area contributed by atoms with Crippen molar-refractivity contribution in [3.8, 4) is 34.5 Å². The van der Waals surface area contributed by atoms with Crippen LogP contribution in [0.4, 0.5) is 0 Å². The highest BCUT2D eigenvalue weighted by molar-refractivity contribution is 5.57. The Morgan fingerprint density at radius 1 is 0.433 bits per heavy atom. The molecule has 1 aliphatic carbocycles. The van der Waals surface area contributed by atoms with Crippen LogP contribution in [-0.4, -0.2) is 42.7 Å². The summed E-state index contributed by atoms with van der Waals surface area (Å²) in [6.45, 7) is 4.55. The number of hydrogen-bond donors (Lipinski definition) is 0. The van der Waals surface area contributed by atoms with E-state index in [1.165, 1.54) is 0 Å². The molecule has 2 aromatic rings. The van der Waals surface area contributed by atoms with E-state index in [0.717, 1.165) is 22.6 Å². The smallest absolute Gasteiger partial charge is 0.164 e. The minimum Gasteiger partial charge on any atom is -0.496 e. The lowest BCUT2D eigenvalue weighted by Gasteiger charge is -2.50. The molecule has 0 aromatic heterocycles. The summed E-state index contributed by atoms with van der Waals surface area (Å²) in [5.41, 5.74) is 2.20. The van der Waals surface area contributed by atoms with Crippen LogP contribution in [0.2, 0.25) is 0 Å². The zero-order valence-corrected chi connectivity index (χ0v) is 19.1. The third-order valence-electron chi connectivity index (χ3n) is 6.54. The van der Waals surface area contributed by atoms with Gasteiger partial charge in [0.1, 0.15) is 11.5 Å². The van der Waals surface area contributed by atoms with E-state index >= 15 is 0 Å². The third-order valence-corrected chi connectivity index (χ3v) is 6.54. The molecule has 0 unspecified atom stereocenters. The maximum atomic E-state index is 5.74. The van der Waals surface area contributed by atoms with E-state index in [1.807, 2.05) is 24.3 Å². The summed E-state index contributed by atoms with van der Waals surface area (Å²) in [5, 5.41) is 0. The predicted octanol–water partition coefficient (Wildman–Crippen LogP) is 4.89.